The molecule has 0 radical (unpaired) electrons. The molecule has 0 spiro atoms. The Morgan fingerprint density at radius 2 is 2.25 bits per heavy atom. The summed E-state index contributed by atoms with van der Waals surface area (Å²) in [6, 6.07) is 8.36. The summed E-state index contributed by atoms with van der Waals surface area (Å²) in [4.78, 5) is 3.99. The van der Waals surface area contributed by atoms with Crippen molar-refractivity contribution < 1.29 is 10.1 Å². The molecule has 2 heteroatoms. The predicted molar refractivity (Wildman–Crippen MR) is 48.1 cm³/mol. The quantitative estimate of drug-likeness (QED) is 0.423. The Labute approximate surface area is 72.7 Å². The normalized spacial score (nSPS) is 10.2. The summed E-state index contributed by atoms with van der Waals surface area (Å²) in [5, 5.41) is 8.10. The molecule has 1 rings (SSSR count). The summed E-state index contributed by atoms with van der Waals surface area (Å²) in [6.07, 6.45) is 1.82. The third-order valence-electron chi connectivity index (χ3n) is 1.78. The van der Waals surface area contributed by atoms with E-state index in [4.69, 9.17) is 5.26 Å². The van der Waals surface area contributed by atoms with Gasteiger partial charge in [0, 0.05) is 0 Å². The van der Waals surface area contributed by atoms with Gasteiger partial charge in [0.25, 0.3) is 0 Å². The van der Waals surface area contributed by atoms with E-state index in [9.17, 15) is 0 Å². The summed E-state index contributed by atoms with van der Waals surface area (Å²) in [5.74, 6) is 0. The third kappa shape index (κ3) is 3.03. The predicted octanol–water partition coefficient (Wildman–Crippen LogP) is 2.42. The standard InChI is InChI=1S/C10H14O2/c1-9-4-2-5-10(8-9)6-3-7-12-11/h2,4-5,8,11H,3,6-7H2,1H3. The fourth-order valence-electron chi connectivity index (χ4n) is 1.21. The lowest BCUT2D eigenvalue weighted by molar-refractivity contribution is -0.242. The molecule has 0 atom stereocenters. The van der Waals surface area contributed by atoms with Crippen molar-refractivity contribution in [2.75, 3.05) is 6.61 Å². The van der Waals surface area contributed by atoms with Crippen LogP contribution < -0.4 is 0 Å². The number of benzene rings is 1. The Balaban J connectivity index is 2.41. The molecule has 0 heterocycles. The second kappa shape index (κ2) is 4.91. The molecule has 0 aliphatic heterocycles. The summed E-state index contributed by atoms with van der Waals surface area (Å²) in [6.45, 7) is 2.49. The molecule has 0 fully saturated rings. The average Bonchev–Trinajstić information content (AvgIpc) is 2.05. The van der Waals surface area contributed by atoms with Gasteiger partial charge in [-0.1, -0.05) is 29.8 Å². The van der Waals surface area contributed by atoms with Crippen LogP contribution in [0.4, 0.5) is 0 Å². The molecule has 0 bridgehead atoms. The van der Waals surface area contributed by atoms with Gasteiger partial charge in [-0.15, -0.1) is 0 Å². The van der Waals surface area contributed by atoms with Gasteiger partial charge in [-0.3, -0.25) is 5.26 Å². The maximum absolute atomic E-state index is 8.10. The van der Waals surface area contributed by atoms with E-state index in [2.05, 4.69) is 30.0 Å². The molecule has 0 amide bonds. The van der Waals surface area contributed by atoms with Crippen LogP contribution in [-0.2, 0) is 11.3 Å². The van der Waals surface area contributed by atoms with Crippen LogP contribution in [0.15, 0.2) is 24.3 Å². The average molecular weight is 166 g/mol. The lowest BCUT2D eigenvalue weighted by atomic mass is 10.1. The largest absolute Gasteiger partial charge is 0.252 e. The zero-order valence-corrected chi connectivity index (χ0v) is 7.29. The Morgan fingerprint density at radius 1 is 1.42 bits per heavy atom. The maximum Gasteiger partial charge on any atom is 0.0822 e. The molecule has 1 aromatic carbocycles. The van der Waals surface area contributed by atoms with E-state index in [1.54, 1.807) is 0 Å². The first-order chi connectivity index (χ1) is 5.83. The molecule has 1 N–H and O–H groups in total. The fraction of sp³-hybridized carbons (Fsp3) is 0.400. The molecule has 0 aliphatic rings. The lowest BCUT2D eigenvalue weighted by Gasteiger charge is -2.00. The van der Waals surface area contributed by atoms with Crippen LogP contribution in [0.5, 0.6) is 0 Å². The fourth-order valence-corrected chi connectivity index (χ4v) is 1.21. The van der Waals surface area contributed by atoms with Gasteiger partial charge in [-0.2, -0.15) is 0 Å². The highest BCUT2D eigenvalue weighted by Gasteiger charge is 1.92. The lowest BCUT2D eigenvalue weighted by Crippen LogP contribution is -1.92. The number of hydrogen-bond acceptors (Lipinski definition) is 2. The van der Waals surface area contributed by atoms with Gasteiger partial charge in [-0.25, -0.2) is 4.89 Å². The zero-order chi connectivity index (χ0) is 8.81. The molecular formula is C10H14O2. The van der Waals surface area contributed by atoms with Crippen molar-refractivity contribution >= 4 is 0 Å². The van der Waals surface area contributed by atoms with Crippen molar-refractivity contribution in [3.05, 3.63) is 35.4 Å². The highest BCUT2D eigenvalue weighted by atomic mass is 17.1. The highest BCUT2D eigenvalue weighted by Crippen LogP contribution is 2.06. The summed E-state index contributed by atoms with van der Waals surface area (Å²) in [5.41, 5.74) is 2.57. The van der Waals surface area contributed by atoms with E-state index >= 15 is 0 Å². The Bertz CT molecular complexity index is 233. The van der Waals surface area contributed by atoms with Gasteiger partial charge in [0.15, 0.2) is 0 Å². The summed E-state index contributed by atoms with van der Waals surface area (Å²) < 4.78 is 0. The smallest absolute Gasteiger partial charge is 0.0822 e. The third-order valence-corrected chi connectivity index (χ3v) is 1.78. The minimum absolute atomic E-state index is 0.411. The van der Waals surface area contributed by atoms with Crippen molar-refractivity contribution in [1.82, 2.24) is 0 Å². The number of hydrogen-bond donors (Lipinski definition) is 1. The van der Waals surface area contributed by atoms with Crippen LogP contribution in [0.1, 0.15) is 17.5 Å². The SMILES string of the molecule is Cc1cccc(CCCOO)c1. The molecule has 66 valence electrons. The van der Waals surface area contributed by atoms with E-state index in [-0.39, 0.29) is 0 Å². The van der Waals surface area contributed by atoms with Crippen LogP contribution in [0, 0.1) is 6.92 Å². The van der Waals surface area contributed by atoms with Crippen molar-refractivity contribution in [3.63, 3.8) is 0 Å². The molecule has 12 heavy (non-hydrogen) atoms. The zero-order valence-electron chi connectivity index (χ0n) is 7.29. The van der Waals surface area contributed by atoms with Gasteiger partial charge in [0.05, 0.1) is 6.61 Å². The van der Waals surface area contributed by atoms with Gasteiger partial charge in [-0.05, 0) is 25.3 Å². The van der Waals surface area contributed by atoms with Crippen molar-refractivity contribution in [2.45, 2.75) is 19.8 Å². The van der Waals surface area contributed by atoms with Crippen molar-refractivity contribution in [1.29, 1.82) is 0 Å². The first-order valence-electron chi connectivity index (χ1n) is 4.15. The number of rotatable bonds is 4. The second-order valence-electron chi connectivity index (χ2n) is 2.93. The molecule has 0 saturated heterocycles. The van der Waals surface area contributed by atoms with Crippen LogP contribution in [-0.4, -0.2) is 11.9 Å². The highest BCUT2D eigenvalue weighted by molar-refractivity contribution is 5.22. The van der Waals surface area contributed by atoms with E-state index < -0.39 is 0 Å². The van der Waals surface area contributed by atoms with E-state index in [1.165, 1.54) is 11.1 Å². The maximum atomic E-state index is 8.10. The molecule has 1 aromatic rings. The van der Waals surface area contributed by atoms with Crippen LogP contribution in [0.25, 0.3) is 0 Å². The minimum atomic E-state index is 0.411. The monoisotopic (exact) mass is 166 g/mol. The first-order valence-corrected chi connectivity index (χ1v) is 4.15. The molecule has 2 nitrogen and oxygen atoms in total. The van der Waals surface area contributed by atoms with Crippen molar-refractivity contribution in [2.24, 2.45) is 0 Å². The number of aryl methyl sites for hydroxylation is 2. The van der Waals surface area contributed by atoms with Crippen LogP contribution in [0.3, 0.4) is 0 Å². The topological polar surface area (TPSA) is 29.5 Å². The molecule has 0 unspecified atom stereocenters. The summed E-state index contributed by atoms with van der Waals surface area (Å²) in [7, 11) is 0. The van der Waals surface area contributed by atoms with Gasteiger partial charge in [0.1, 0.15) is 0 Å². The van der Waals surface area contributed by atoms with E-state index in [0.717, 1.165) is 12.8 Å². The molecule has 0 aliphatic carbocycles. The Morgan fingerprint density at radius 3 is 2.92 bits per heavy atom. The van der Waals surface area contributed by atoms with Crippen LogP contribution >= 0.6 is 0 Å². The van der Waals surface area contributed by atoms with E-state index in [1.807, 2.05) is 6.07 Å². The van der Waals surface area contributed by atoms with Crippen molar-refractivity contribution in [3.8, 4) is 0 Å². The van der Waals surface area contributed by atoms with Crippen LogP contribution in [0.2, 0.25) is 0 Å². The molecule has 0 saturated carbocycles. The van der Waals surface area contributed by atoms with Gasteiger partial charge >= 0.3 is 0 Å². The Kier molecular flexibility index (Phi) is 3.77. The molecule has 0 aromatic heterocycles. The van der Waals surface area contributed by atoms with Gasteiger partial charge < -0.3 is 0 Å². The first kappa shape index (κ1) is 9.23. The second-order valence-corrected chi connectivity index (χ2v) is 2.93. The van der Waals surface area contributed by atoms with Gasteiger partial charge in [0.2, 0.25) is 0 Å². The summed E-state index contributed by atoms with van der Waals surface area (Å²) >= 11 is 0. The Hall–Kier alpha value is -0.860. The molecular weight excluding hydrogens is 152 g/mol. The minimum Gasteiger partial charge on any atom is -0.252 e. The van der Waals surface area contributed by atoms with E-state index in [0.29, 0.717) is 6.61 Å².